The summed E-state index contributed by atoms with van der Waals surface area (Å²) in [4.78, 5) is 33.6. The molecule has 3 amide bonds. The molecule has 20 heavy (non-hydrogen) atoms. The van der Waals surface area contributed by atoms with Crippen LogP contribution in [0.5, 0.6) is 0 Å². The molecule has 1 aromatic rings. The Morgan fingerprint density at radius 2 is 1.90 bits per heavy atom. The van der Waals surface area contributed by atoms with Crippen LogP contribution in [-0.4, -0.2) is 30.6 Å². The van der Waals surface area contributed by atoms with E-state index in [2.05, 4.69) is 10.6 Å². The number of hydrogen-bond acceptors (Lipinski definition) is 4. The van der Waals surface area contributed by atoms with Gasteiger partial charge in [-0.05, 0) is 19.1 Å². The number of ether oxygens (including phenoxy) is 1. The number of benzene rings is 1. The van der Waals surface area contributed by atoms with E-state index < -0.39 is 24.0 Å². The van der Waals surface area contributed by atoms with Crippen molar-refractivity contribution in [3.8, 4) is 0 Å². The molecular weight excluding hydrogens is 262 g/mol. The van der Waals surface area contributed by atoms with E-state index in [1.54, 1.807) is 24.3 Å². The summed E-state index contributed by atoms with van der Waals surface area (Å²) in [7, 11) is 0. The maximum absolute atomic E-state index is 11.8. The van der Waals surface area contributed by atoms with Crippen molar-refractivity contribution in [3.05, 3.63) is 30.3 Å². The smallest absolute Gasteiger partial charge is 0.312 e. The fraction of sp³-hybridized carbons (Fsp3) is 0.308. The second-order valence-corrected chi connectivity index (χ2v) is 4.03. The van der Waals surface area contributed by atoms with Crippen LogP contribution in [0.2, 0.25) is 0 Å². The molecule has 0 fully saturated rings. The fourth-order valence-electron chi connectivity index (χ4n) is 1.36. The maximum Gasteiger partial charge on any atom is 0.312 e. The summed E-state index contributed by atoms with van der Waals surface area (Å²) < 4.78 is 4.92. The molecule has 7 nitrogen and oxygen atoms in total. The van der Waals surface area contributed by atoms with Gasteiger partial charge in [0, 0.05) is 12.2 Å². The molecule has 0 radical (unpaired) electrons. The number of hydrogen-bond donors (Lipinski definition) is 3. The van der Waals surface area contributed by atoms with E-state index in [0.717, 1.165) is 0 Å². The largest absolute Gasteiger partial charge is 0.452 e. The van der Waals surface area contributed by atoms with Crippen LogP contribution in [0.1, 0.15) is 13.3 Å². The number of anilines is 1. The molecule has 1 aromatic carbocycles. The summed E-state index contributed by atoms with van der Waals surface area (Å²) in [6, 6.07) is 8.12. The highest BCUT2D eigenvalue weighted by molar-refractivity contribution is 5.95. The monoisotopic (exact) mass is 279 g/mol. The molecule has 0 heterocycles. The van der Waals surface area contributed by atoms with Crippen LogP contribution in [-0.2, 0) is 14.3 Å². The molecule has 0 aliphatic carbocycles. The van der Waals surface area contributed by atoms with Crippen LogP contribution in [0.4, 0.5) is 10.5 Å². The summed E-state index contributed by atoms with van der Waals surface area (Å²) in [5.74, 6) is -1.01. The van der Waals surface area contributed by atoms with Crippen molar-refractivity contribution in [1.82, 2.24) is 5.32 Å². The fourth-order valence-corrected chi connectivity index (χ4v) is 1.36. The molecule has 0 aliphatic heterocycles. The Morgan fingerprint density at radius 1 is 1.25 bits per heavy atom. The zero-order chi connectivity index (χ0) is 15.0. The topological polar surface area (TPSA) is 111 Å². The Morgan fingerprint density at radius 3 is 2.50 bits per heavy atom. The first-order valence-corrected chi connectivity index (χ1v) is 6.07. The highest BCUT2D eigenvalue weighted by Crippen LogP contribution is 2.06. The predicted molar refractivity (Wildman–Crippen MR) is 72.8 cm³/mol. The minimum Gasteiger partial charge on any atom is -0.452 e. The number of nitrogens with two attached hydrogens (primary N) is 1. The van der Waals surface area contributed by atoms with Gasteiger partial charge in [0.05, 0.1) is 6.42 Å². The van der Waals surface area contributed by atoms with Crippen molar-refractivity contribution in [2.75, 3.05) is 11.9 Å². The van der Waals surface area contributed by atoms with Crippen molar-refractivity contribution in [2.45, 2.75) is 19.4 Å². The van der Waals surface area contributed by atoms with Crippen LogP contribution < -0.4 is 16.4 Å². The van der Waals surface area contributed by atoms with Gasteiger partial charge in [0.2, 0.25) is 0 Å². The van der Waals surface area contributed by atoms with Gasteiger partial charge in [-0.15, -0.1) is 0 Å². The molecule has 1 rings (SSSR count). The molecule has 108 valence electrons. The molecule has 0 aromatic heterocycles. The van der Waals surface area contributed by atoms with Crippen LogP contribution in [0.3, 0.4) is 0 Å². The number of esters is 1. The minimum atomic E-state index is -0.920. The molecule has 7 heteroatoms. The van der Waals surface area contributed by atoms with Crippen molar-refractivity contribution >= 4 is 23.6 Å². The van der Waals surface area contributed by atoms with E-state index in [1.807, 2.05) is 6.07 Å². The van der Waals surface area contributed by atoms with Gasteiger partial charge < -0.3 is 21.1 Å². The van der Waals surface area contributed by atoms with Gasteiger partial charge in [0.15, 0.2) is 6.10 Å². The Labute approximate surface area is 116 Å². The third-order valence-corrected chi connectivity index (χ3v) is 2.35. The van der Waals surface area contributed by atoms with Gasteiger partial charge in [0.1, 0.15) is 0 Å². The maximum atomic E-state index is 11.8. The van der Waals surface area contributed by atoms with Crippen molar-refractivity contribution < 1.29 is 19.1 Å². The van der Waals surface area contributed by atoms with E-state index in [-0.39, 0.29) is 13.0 Å². The van der Waals surface area contributed by atoms with Crippen molar-refractivity contribution in [3.63, 3.8) is 0 Å². The number of para-hydroxylation sites is 1. The lowest BCUT2D eigenvalue weighted by Crippen LogP contribution is -2.33. The number of nitrogens with one attached hydrogen (secondary N) is 2. The molecule has 0 saturated heterocycles. The van der Waals surface area contributed by atoms with Crippen molar-refractivity contribution in [1.29, 1.82) is 0 Å². The summed E-state index contributed by atoms with van der Waals surface area (Å²) >= 11 is 0. The number of amides is 3. The molecule has 4 N–H and O–H groups in total. The summed E-state index contributed by atoms with van der Waals surface area (Å²) in [5, 5.41) is 4.87. The summed E-state index contributed by atoms with van der Waals surface area (Å²) in [5.41, 5.74) is 5.47. The molecular formula is C13H17N3O4. The Kier molecular flexibility index (Phi) is 6.02. The predicted octanol–water partition coefficient (Wildman–Crippen LogP) is 0.615. The lowest BCUT2D eigenvalue weighted by Gasteiger charge is -2.13. The van der Waals surface area contributed by atoms with Gasteiger partial charge >= 0.3 is 12.0 Å². The van der Waals surface area contributed by atoms with Gasteiger partial charge in [-0.2, -0.15) is 0 Å². The standard InChI is InChI=1S/C13H17N3O4/c1-9(20-11(17)7-8-15-13(14)19)12(18)16-10-5-3-2-4-6-10/h2-6,9H,7-8H2,1H3,(H,16,18)(H3,14,15,19)/t9-/m0/s1. The summed E-state index contributed by atoms with van der Waals surface area (Å²) in [6.07, 6.45) is -0.970. The highest BCUT2D eigenvalue weighted by atomic mass is 16.5. The first kappa shape index (κ1) is 15.5. The second-order valence-electron chi connectivity index (χ2n) is 4.03. The van der Waals surface area contributed by atoms with E-state index in [1.165, 1.54) is 6.92 Å². The van der Waals surface area contributed by atoms with E-state index in [0.29, 0.717) is 5.69 Å². The number of carbonyl (C=O) groups excluding carboxylic acids is 3. The van der Waals surface area contributed by atoms with Crippen molar-refractivity contribution in [2.24, 2.45) is 5.73 Å². The highest BCUT2D eigenvalue weighted by Gasteiger charge is 2.17. The number of carbonyl (C=O) groups is 3. The average Bonchev–Trinajstić information content (AvgIpc) is 2.39. The normalized spacial score (nSPS) is 11.2. The number of primary amides is 1. The lowest BCUT2D eigenvalue weighted by atomic mass is 10.3. The first-order valence-electron chi connectivity index (χ1n) is 6.07. The van der Waals surface area contributed by atoms with E-state index in [4.69, 9.17) is 10.5 Å². The van der Waals surface area contributed by atoms with Crippen LogP contribution in [0.25, 0.3) is 0 Å². The molecule has 1 atom stereocenters. The molecule has 0 bridgehead atoms. The van der Waals surface area contributed by atoms with Crippen LogP contribution in [0, 0.1) is 0 Å². The van der Waals surface area contributed by atoms with Crippen LogP contribution >= 0.6 is 0 Å². The second kappa shape index (κ2) is 7.78. The van der Waals surface area contributed by atoms with Crippen LogP contribution in [0.15, 0.2) is 30.3 Å². The SMILES string of the molecule is C[C@H](OC(=O)CCNC(N)=O)C(=O)Nc1ccccc1. The third kappa shape index (κ3) is 5.85. The summed E-state index contributed by atoms with van der Waals surface area (Å²) in [6.45, 7) is 1.54. The van der Waals surface area contributed by atoms with E-state index in [9.17, 15) is 14.4 Å². The van der Waals surface area contributed by atoms with E-state index >= 15 is 0 Å². The van der Waals surface area contributed by atoms with Gasteiger partial charge in [-0.1, -0.05) is 18.2 Å². The molecule has 0 unspecified atom stereocenters. The van der Waals surface area contributed by atoms with Gasteiger partial charge in [-0.25, -0.2) is 4.79 Å². The molecule has 0 aliphatic rings. The number of urea groups is 1. The number of rotatable bonds is 6. The Bertz CT molecular complexity index is 476. The molecule has 0 spiro atoms. The quantitative estimate of drug-likeness (QED) is 0.663. The minimum absolute atomic E-state index is 0.0497. The average molecular weight is 279 g/mol. The van der Waals surface area contributed by atoms with Gasteiger partial charge in [0.25, 0.3) is 5.91 Å². The zero-order valence-electron chi connectivity index (χ0n) is 11.1. The lowest BCUT2D eigenvalue weighted by molar-refractivity contribution is -0.153. The third-order valence-electron chi connectivity index (χ3n) is 2.35. The first-order chi connectivity index (χ1) is 9.49. The van der Waals surface area contributed by atoms with Gasteiger partial charge in [-0.3, -0.25) is 9.59 Å². The zero-order valence-corrected chi connectivity index (χ0v) is 11.1. The Hall–Kier alpha value is -2.57. The molecule has 0 saturated carbocycles. The Balaban J connectivity index is 2.34.